The van der Waals surface area contributed by atoms with Crippen LogP contribution in [0, 0.1) is 17.6 Å². The first kappa shape index (κ1) is 24.0. The lowest BCUT2D eigenvalue weighted by molar-refractivity contribution is 0.103. The van der Waals surface area contributed by atoms with E-state index in [1.165, 1.54) is 6.07 Å². The highest BCUT2D eigenvalue weighted by Gasteiger charge is 2.29. The zero-order chi connectivity index (χ0) is 23.6. The molecule has 2 aromatic rings. The topological polar surface area (TPSA) is 123 Å². The molecular formula is C21H26F2N4O4S2. The Morgan fingerprint density at radius 1 is 1.15 bits per heavy atom. The zero-order valence-electron chi connectivity index (χ0n) is 17.9. The average molecular weight is 501 g/mol. The number of halogens is 2. The van der Waals surface area contributed by atoms with Crippen LogP contribution in [0.1, 0.15) is 47.3 Å². The van der Waals surface area contributed by atoms with Gasteiger partial charge in [0, 0.05) is 18.7 Å². The van der Waals surface area contributed by atoms with E-state index in [1.807, 2.05) is 0 Å². The Kier molecular flexibility index (Phi) is 7.27. The van der Waals surface area contributed by atoms with Crippen LogP contribution in [0.15, 0.2) is 18.2 Å². The molecule has 1 atom stereocenters. The summed E-state index contributed by atoms with van der Waals surface area (Å²) in [7, 11) is -3.36. The summed E-state index contributed by atoms with van der Waals surface area (Å²) in [5, 5.41) is 3.60. The summed E-state index contributed by atoms with van der Waals surface area (Å²) in [5.41, 5.74) is 5.20. The summed E-state index contributed by atoms with van der Waals surface area (Å²) in [4.78, 5) is 16.7. The van der Waals surface area contributed by atoms with Crippen molar-refractivity contribution in [3.05, 3.63) is 40.3 Å². The molecule has 2 heterocycles. The molecule has 33 heavy (non-hydrogen) atoms. The summed E-state index contributed by atoms with van der Waals surface area (Å²) in [6.07, 6.45) is 3.48. The number of hydrogen-bond acceptors (Lipinski definition) is 8. The quantitative estimate of drug-likeness (QED) is 0.476. The lowest BCUT2D eigenvalue weighted by atomic mass is 9.92. The molecule has 2 aliphatic rings. The third-order valence-corrected chi connectivity index (χ3v) is 8.53. The minimum absolute atomic E-state index is 0.0210. The molecule has 4 N–H and O–H groups in total. The Labute approximate surface area is 195 Å². The minimum Gasteiger partial charge on any atom is -0.382 e. The van der Waals surface area contributed by atoms with E-state index in [-0.39, 0.29) is 34.4 Å². The van der Waals surface area contributed by atoms with Crippen molar-refractivity contribution < 1.29 is 26.7 Å². The fourth-order valence-electron chi connectivity index (χ4n) is 4.24. The van der Waals surface area contributed by atoms with E-state index < -0.39 is 33.0 Å². The largest absolute Gasteiger partial charge is 0.382 e. The number of ketones is 1. The number of nitrogens with two attached hydrogens (primary N) is 1. The second-order valence-electron chi connectivity index (χ2n) is 8.48. The summed E-state index contributed by atoms with van der Waals surface area (Å²) < 4.78 is 60.8. The third kappa shape index (κ3) is 5.86. The number of hydrogen-bond donors (Lipinski definition) is 3. The Hall–Kier alpha value is -2.15. The van der Waals surface area contributed by atoms with Crippen molar-refractivity contribution in [2.75, 3.05) is 30.0 Å². The van der Waals surface area contributed by atoms with Gasteiger partial charge in [0.15, 0.2) is 5.13 Å². The second kappa shape index (κ2) is 10.00. The number of benzene rings is 1. The molecule has 12 heteroatoms. The van der Waals surface area contributed by atoms with Gasteiger partial charge in [0.1, 0.15) is 22.3 Å². The van der Waals surface area contributed by atoms with E-state index in [0.29, 0.717) is 44.0 Å². The van der Waals surface area contributed by atoms with E-state index in [1.54, 1.807) is 0 Å². The number of rotatable bonds is 8. The number of nitrogens with zero attached hydrogens (tertiary/aromatic N) is 1. The number of ether oxygens (including phenoxy) is 1. The van der Waals surface area contributed by atoms with Gasteiger partial charge in [0.25, 0.3) is 0 Å². The molecule has 0 spiro atoms. The number of carbonyl (C=O) groups is 1. The molecule has 8 nitrogen and oxygen atoms in total. The van der Waals surface area contributed by atoms with Crippen LogP contribution in [0.4, 0.5) is 19.7 Å². The van der Waals surface area contributed by atoms with Gasteiger partial charge in [-0.2, -0.15) is 0 Å². The van der Waals surface area contributed by atoms with E-state index in [4.69, 9.17) is 10.5 Å². The maximum Gasteiger partial charge on any atom is 0.212 e. The van der Waals surface area contributed by atoms with Gasteiger partial charge in [-0.1, -0.05) is 17.4 Å². The Morgan fingerprint density at radius 2 is 1.82 bits per heavy atom. The molecule has 1 aliphatic heterocycles. The van der Waals surface area contributed by atoms with E-state index in [2.05, 4.69) is 15.0 Å². The van der Waals surface area contributed by atoms with Crippen LogP contribution in [0.5, 0.6) is 0 Å². The van der Waals surface area contributed by atoms with Crippen molar-refractivity contribution in [3.63, 3.8) is 0 Å². The van der Waals surface area contributed by atoms with Crippen LogP contribution >= 0.6 is 11.3 Å². The standard InChI is InChI=1S/C21H26F2N4O4S2/c22-15-2-1-3-16(23)17(15)18(28)19-20(24)26-21(32-19)25-13-4-6-14(7-5-13)27-33(29,30)11-12-8-9-31-10-12/h1-3,12-14,27H,4-11,24H2,(H,25,26)/t12?,13-,14-. The number of nitrogens with one attached hydrogen (secondary N) is 2. The van der Waals surface area contributed by atoms with Crippen molar-refractivity contribution >= 4 is 38.1 Å². The SMILES string of the molecule is Nc1nc(N[C@H]2CC[C@H](NS(=O)(=O)CC3CCOC3)CC2)sc1C(=O)c1c(F)cccc1F. The number of sulfonamides is 1. The second-order valence-corrected chi connectivity index (χ2v) is 11.3. The first-order valence-electron chi connectivity index (χ1n) is 10.8. The first-order valence-corrected chi connectivity index (χ1v) is 13.3. The van der Waals surface area contributed by atoms with Gasteiger partial charge in [-0.3, -0.25) is 4.79 Å². The van der Waals surface area contributed by atoms with Gasteiger partial charge >= 0.3 is 0 Å². The fraction of sp³-hybridized carbons (Fsp3) is 0.524. The van der Waals surface area contributed by atoms with Crippen LogP contribution in [0.2, 0.25) is 0 Å². The van der Waals surface area contributed by atoms with Gasteiger partial charge in [0.05, 0.1) is 17.9 Å². The van der Waals surface area contributed by atoms with Gasteiger partial charge in [-0.15, -0.1) is 0 Å². The Bertz CT molecular complexity index is 1090. The molecule has 0 radical (unpaired) electrons. The molecule has 1 aromatic carbocycles. The number of aromatic nitrogens is 1. The molecule has 180 valence electrons. The van der Waals surface area contributed by atoms with E-state index >= 15 is 0 Å². The van der Waals surface area contributed by atoms with E-state index in [9.17, 15) is 22.0 Å². The van der Waals surface area contributed by atoms with Crippen LogP contribution in [0.25, 0.3) is 0 Å². The van der Waals surface area contributed by atoms with Gasteiger partial charge in [-0.05, 0) is 50.2 Å². The van der Waals surface area contributed by atoms with Crippen LogP contribution in [0.3, 0.4) is 0 Å². The number of thiazole rings is 1. The number of nitrogen functional groups attached to an aromatic ring is 1. The molecule has 2 fully saturated rings. The smallest absolute Gasteiger partial charge is 0.212 e. The lowest BCUT2D eigenvalue weighted by Gasteiger charge is -2.29. The van der Waals surface area contributed by atoms with Crippen molar-refractivity contribution in [2.24, 2.45) is 5.92 Å². The minimum atomic E-state index is -3.36. The summed E-state index contributed by atoms with van der Waals surface area (Å²) in [5.74, 6) is -2.71. The molecule has 1 aromatic heterocycles. The molecule has 1 unspecified atom stereocenters. The third-order valence-electron chi connectivity index (χ3n) is 5.93. The number of anilines is 2. The highest BCUT2D eigenvalue weighted by Crippen LogP contribution is 2.31. The molecule has 1 saturated carbocycles. The molecular weight excluding hydrogens is 474 g/mol. The molecule has 4 rings (SSSR count). The Balaban J connectivity index is 1.32. The molecule has 0 amide bonds. The van der Waals surface area contributed by atoms with Crippen molar-refractivity contribution in [1.82, 2.24) is 9.71 Å². The predicted molar refractivity (Wildman–Crippen MR) is 122 cm³/mol. The highest BCUT2D eigenvalue weighted by molar-refractivity contribution is 7.89. The van der Waals surface area contributed by atoms with Gasteiger partial charge in [-0.25, -0.2) is 26.9 Å². The normalized spacial score (nSPS) is 23.5. The lowest BCUT2D eigenvalue weighted by Crippen LogP contribution is -2.42. The van der Waals surface area contributed by atoms with Crippen LogP contribution < -0.4 is 15.8 Å². The van der Waals surface area contributed by atoms with Crippen LogP contribution in [-0.2, 0) is 14.8 Å². The maximum absolute atomic E-state index is 14.0. The summed E-state index contributed by atoms with van der Waals surface area (Å²) >= 11 is 0.949. The Morgan fingerprint density at radius 3 is 2.45 bits per heavy atom. The zero-order valence-corrected chi connectivity index (χ0v) is 19.5. The summed E-state index contributed by atoms with van der Waals surface area (Å²) in [6.45, 7) is 1.10. The predicted octanol–water partition coefficient (Wildman–Crippen LogP) is 2.91. The fourth-order valence-corrected chi connectivity index (χ4v) is 6.87. The van der Waals surface area contributed by atoms with Crippen molar-refractivity contribution in [2.45, 2.75) is 44.2 Å². The van der Waals surface area contributed by atoms with Gasteiger partial charge < -0.3 is 15.8 Å². The molecule has 1 saturated heterocycles. The van der Waals surface area contributed by atoms with Crippen molar-refractivity contribution in [3.8, 4) is 0 Å². The highest BCUT2D eigenvalue weighted by atomic mass is 32.2. The van der Waals surface area contributed by atoms with Crippen LogP contribution in [-0.4, -0.2) is 50.2 Å². The van der Waals surface area contributed by atoms with E-state index in [0.717, 1.165) is 29.9 Å². The first-order chi connectivity index (χ1) is 15.7. The van der Waals surface area contributed by atoms with Gasteiger partial charge in [0.2, 0.25) is 15.8 Å². The van der Waals surface area contributed by atoms with Crippen molar-refractivity contribution in [1.29, 1.82) is 0 Å². The maximum atomic E-state index is 14.0. The molecule has 1 aliphatic carbocycles. The monoisotopic (exact) mass is 500 g/mol. The number of carbonyl (C=O) groups excluding carboxylic acids is 1. The average Bonchev–Trinajstić information content (AvgIpc) is 3.38. The molecule has 0 bridgehead atoms. The summed E-state index contributed by atoms with van der Waals surface area (Å²) in [6, 6.07) is 3.11.